The number of hydrogen-bond acceptors (Lipinski definition) is 4. The van der Waals surface area contributed by atoms with Gasteiger partial charge in [0.05, 0.1) is 18.6 Å². The molecular formula is C15H16ClNO3S. The summed E-state index contributed by atoms with van der Waals surface area (Å²) in [5.41, 5.74) is 7.34. The maximum Gasteiger partial charge on any atom is 0.158 e. The molecule has 21 heavy (non-hydrogen) atoms. The Balaban J connectivity index is 2.26. The average Bonchev–Trinajstić information content (AvgIpc) is 2.41. The minimum atomic E-state index is -3.38. The molecule has 0 fully saturated rings. The number of sulfone groups is 1. The molecule has 0 saturated heterocycles. The van der Waals surface area contributed by atoms with Crippen LogP contribution in [0.4, 0.5) is 5.69 Å². The molecule has 0 heterocycles. The molecule has 2 rings (SSSR count). The summed E-state index contributed by atoms with van der Waals surface area (Å²) in [5, 5.41) is 0.445. The van der Waals surface area contributed by atoms with Crippen LogP contribution in [-0.2, 0) is 21.3 Å². The van der Waals surface area contributed by atoms with Crippen LogP contribution in [0.3, 0.4) is 0 Å². The van der Waals surface area contributed by atoms with Gasteiger partial charge < -0.3 is 10.5 Å². The Kier molecular flexibility index (Phi) is 4.75. The third kappa shape index (κ3) is 4.12. The minimum absolute atomic E-state index is 0.120. The lowest BCUT2D eigenvalue weighted by molar-refractivity contribution is 0.411. The fourth-order valence-corrected chi connectivity index (χ4v) is 3.86. The van der Waals surface area contributed by atoms with Crippen molar-refractivity contribution in [1.82, 2.24) is 0 Å². The second-order valence-electron chi connectivity index (χ2n) is 4.69. The highest BCUT2D eigenvalue weighted by atomic mass is 35.5. The quantitative estimate of drug-likeness (QED) is 0.858. The van der Waals surface area contributed by atoms with Gasteiger partial charge in [0.2, 0.25) is 0 Å². The number of hydrogen-bond donors (Lipinski definition) is 1. The lowest BCUT2D eigenvalue weighted by atomic mass is 10.2. The lowest BCUT2D eigenvalue weighted by Crippen LogP contribution is -2.09. The highest BCUT2D eigenvalue weighted by Crippen LogP contribution is 2.25. The van der Waals surface area contributed by atoms with E-state index in [1.54, 1.807) is 42.5 Å². The lowest BCUT2D eigenvalue weighted by Gasteiger charge is -2.11. The number of halogens is 1. The molecule has 2 aromatic carbocycles. The summed E-state index contributed by atoms with van der Waals surface area (Å²) in [7, 11) is -1.88. The van der Waals surface area contributed by atoms with Crippen molar-refractivity contribution in [2.24, 2.45) is 0 Å². The van der Waals surface area contributed by atoms with Crippen molar-refractivity contribution in [3.63, 3.8) is 0 Å². The second-order valence-corrected chi connectivity index (χ2v) is 7.17. The van der Waals surface area contributed by atoms with Gasteiger partial charge in [-0.25, -0.2) is 8.42 Å². The number of nitrogens with two attached hydrogens (primary N) is 1. The molecular weight excluding hydrogens is 310 g/mol. The second kappa shape index (κ2) is 6.37. The van der Waals surface area contributed by atoms with Crippen molar-refractivity contribution in [3.8, 4) is 5.75 Å². The standard InChI is InChI=1S/C15H16ClNO3S/c1-20-15-7-6-13(17)8-12(15)10-21(18,19)9-11-4-2-3-5-14(11)16/h2-8H,9-10,17H2,1H3. The first-order valence-electron chi connectivity index (χ1n) is 6.27. The van der Waals surface area contributed by atoms with Gasteiger partial charge in [-0.3, -0.25) is 0 Å². The fraction of sp³-hybridized carbons (Fsp3) is 0.200. The van der Waals surface area contributed by atoms with Crippen LogP contribution in [0.15, 0.2) is 42.5 Å². The molecule has 4 nitrogen and oxygen atoms in total. The van der Waals surface area contributed by atoms with Crippen molar-refractivity contribution < 1.29 is 13.2 Å². The maximum absolute atomic E-state index is 12.3. The summed E-state index contributed by atoms with van der Waals surface area (Å²) < 4.78 is 29.9. The molecule has 0 saturated carbocycles. The number of rotatable bonds is 5. The molecule has 0 spiro atoms. The van der Waals surface area contributed by atoms with E-state index in [0.717, 1.165) is 0 Å². The summed E-state index contributed by atoms with van der Waals surface area (Å²) >= 11 is 6.01. The normalized spacial score (nSPS) is 11.3. The van der Waals surface area contributed by atoms with E-state index in [2.05, 4.69) is 0 Å². The molecule has 0 amide bonds. The molecule has 0 bridgehead atoms. The number of nitrogen functional groups attached to an aromatic ring is 1. The number of benzene rings is 2. The van der Waals surface area contributed by atoms with Crippen LogP contribution in [0.2, 0.25) is 5.02 Å². The third-order valence-corrected chi connectivity index (χ3v) is 4.88. The Morgan fingerprint density at radius 3 is 2.43 bits per heavy atom. The fourth-order valence-electron chi connectivity index (χ4n) is 2.05. The third-order valence-electron chi connectivity index (χ3n) is 3.01. The van der Waals surface area contributed by atoms with E-state index in [4.69, 9.17) is 22.1 Å². The Hall–Kier alpha value is -1.72. The van der Waals surface area contributed by atoms with Crippen LogP contribution in [0, 0.1) is 0 Å². The summed E-state index contributed by atoms with van der Waals surface area (Å²) in [6.07, 6.45) is 0. The number of ether oxygens (including phenoxy) is 1. The SMILES string of the molecule is COc1ccc(N)cc1CS(=O)(=O)Cc1ccccc1Cl. The molecule has 0 aliphatic carbocycles. The molecule has 0 aliphatic heterocycles. The first kappa shape index (κ1) is 15.7. The topological polar surface area (TPSA) is 69.4 Å². The molecule has 0 atom stereocenters. The van der Waals surface area contributed by atoms with Gasteiger partial charge in [-0.1, -0.05) is 29.8 Å². The Morgan fingerprint density at radius 2 is 1.76 bits per heavy atom. The van der Waals surface area contributed by atoms with E-state index in [9.17, 15) is 8.42 Å². The van der Waals surface area contributed by atoms with Gasteiger partial charge in [0, 0.05) is 16.3 Å². The van der Waals surface area contributed by atoms with E-state index < -0.39 is 9.84 Å². The number of anilines is 1. The molecule has 0 aliphatic rings. The summed E-state index contributed by atoms with van der Waals surface area (Å²) in [5.74, 6) is 0.240. The van der Waals surface area contributed by atoms with Crippen LogP contribution in [0.1, 0.15) is 11.1 Å². The summed E-state index contributed by atoms with van der Waals surface area (Å²) in [4.78, 5) is 0. The predicted octanol–water partition coefficient (Wildman–Crippen LogP) is 3.05. The van der Waals surface area contributed by atoms with Crippen molar-refractivity contribution in [2.45, 2.75) is 11.5 Å². The van der Waals surface area contributed by atoms with Crippen molar-refractivity contribution in [2.75, 3.05) is 12.8 Å². The Bertz CT molecular complexity index is 744. The summed E-state index contributed by atoms with van der Waals surface area (Å²) in [6.45, 7) is 0. The first-order chi connectivity index (χ1) is 9.91. The zero-order chi connectivity index (χ0) is 15.5. The van der Waals surface area contributed by atoms with E-state index in [1.807, 2.05) is 0 Å². The molecule has 6 heteroatoms. The molecule has 112 valence electrons. The van der Waals surface area contributed by atoms with Gasteiger partial charge in [-0.15, -0.1) is 0 Å². The molecule has 2 N–H and O–H groups in total. The number of methoxy groups -OCH3 is 1. The predicted molar refractivity (Wildman–Crippen MR) is 85.2 cm³/mol. The van der Waals surface area contributed by atoms with Gasteiger partial charge >= 0.3 is 0 Å². The van der Waals surface area contributed by atoms with Gasteiger partial charge in [0.25, 0.3) is 0 Å². The summed E-state index contributed by atoms with van der Waals surface area (Å²) in [6, 6.07) is 11.9. The molecule has 2 aromatic rings. The average molecular weight is 326 g/mol. The highest BCUT2D eigenvalue weighted by molar-refractivity contribution is 7.89. The largest absolute Gasteiger partial charge is 0.496 e. The van der Waals surface area contributed by atoms with Crippen LogP contribution >= 0.6 is 11.6 Å². The van der Waals surface area contributed by atoms with E-state index in [0.29, 0.717) is 27.6 Å². The van der Waals surface area contributed by atoms with Crippen molar-refractivity contribution in [1.29, 1.82) is 0 Å². The Labute approximate surface area is 129 Å². The van der Waals surface area contributed by atoms with Crippen LogP contribution in [0.5, 0.6) is 5.75 Å². The molecule has 0 aromatic heterocycles. The van der Waals surface area contributed by atoms with Gasteiger partial charge in [-0.05, 0) is 29.8 Å². The van der Waals surface area contributed by atoms with E-state index >= 15 is 0 Å². The van der Waals surface area contributed by atoms with Crippen LogP contribution in [0.25, 0.3) is 0 Å². The molecule has 0 radical (unpaired) electrons. The van der Waals surface area contributed by atoms with Crippen molar-refractivity contribution >= 4 is 27.1 Å². The maximum atomic E-state index is 12.3. The van der Waals surface area contributed by atoms with E-state index in [1.165, 1.54) is 7.11 Å². The zero-order valence-electron chi connectivity index (χ0n) is 11.5. The van der Waals surface area contributed by atoms with Gasteiger partial charge in [-0.2, -0.15) is 0 Å². The molecule has 0 unspecified atom stereocenters. The van der Waals surface area contributed by atoms with Gasteiger partial charge in [0.15, 0.2) is 9.84 Å². The highest BCUT2D eigenvalue weighted by Gasteiger charge is 2.17. The minimum Gasteiger partial charge on any atom is -0.496 e. The van der Waals surface area contributed by atoms with Crippen LogP contribution in [-0.4, -0.2) is 15.5 Å². The van der Waals surface area contributed by atoms with Gasteiger partial charge in [0.1, 0.15) is 5.75 Å². The van der Waals surface area contributed by atoms with Crippen LogP contribution < -0.4 is 10.5 Å². The first-order valence-corrected chi connectivity index (χ1v) is 8.47. The smallest absolute Gasteiger partial charge is 0.158 e. The Morgan fingerprint density at radius 1 is 1.10 bits per heavy atom. The van der Waals surface area contributed by atoms with E-state index in [-0.39, 0.29) is 11.5 Å². The van der Waals surface area contributed by atoms with Crippen molar-refractivity contribution in [3.05, 3.63) is 58.6 Å². The zero-order valence-corrected chi connectivity index (χ0v) is 13.1. The monoisotopic (exact) mass is 325 g/mol.